The molecule has 0 aliphatic carbocycles. The Bertz CT molecular complexity index is 690. The molecule has 0 saturated heterocycles. The van der Waals surface area contributed by atoms with Gasteiger partial charge in [0.1, 0.15) is 11.6 Å². The van der Waals surface area contributed by atoms with Gasteiger partial charge in [-0.1, -0.05) is 51.1 Å². The molecule has 0 spiro atoms. The lowest BCUT2D eigenvalue weighted by molar-refractivity contribution is -0.123. The fraction of sp³-hybridized carbons (Fsp3) is 0.350. The third-order valence-electron chi connectivity index (χ3n) is 3.80. The molecule has 4 heteroatoms. The van der Waals surface area contributed by atoms with Gasteiger partial charge in [-0.15, -0.1) is 0 Å². The first-order chi connectivity index (χ1) is 11.3. The minimum atomic E-state index is -0.292. The van der Waals surface area contributed by atoms with Crippen LogP contribution >= 0.6 is 0 Å². The van der Waals surface area contributed by atoms with Crippen LogP contribution in [0.3, 0.4) is 0 Å². The first-order valence-corrected chi connectivity index (χ1v) is 8.04. The van der Waals surface area contributed by atoms with Crippen molar-refractivity contribution in [2.24, 2.45) is 0 Å². The lowest BCUT2D eigenvalue weighted by Gasteiger charge is -2.22. The van der Waals surface area contributed by atoms with Gasteiger partial charge >= 0.3 is 0 Å². The third-order valence-corrected chi connectivity index (χ3v) is 3.80. The van der Waals surface area contributed by atoms with E-state index in [1.807, 2.05) is 31.2 Å². The molecule has 2 aromatic carbocycles. The normalized spacial score (nSPS) is 12.5. The van der Waals surface area contributed by atoms with Gasteiger partial charge in [0.2, 0.25) is 0 Å². The van der Waals surface area contributed by atoms with E-state index in [1.54, 1.807) is 12.1 Å². The van der Waals surface area contributed by atoms with Crippen LogP contribution < -0.4 is 10.1 Å². The number of carbonyl (C=O) groups excluding carboxylic acids is 1. The zero-order valence-electron chi connectivity index (χ0n) is 14.6. The van der Waals surface area contributed by atoms with Crippen LogP contribution in [0.5, 0.6) is 5.75 Å². The van der Waals surface area contributed by atoms with E-state index in [2.05, 4.69) is 26.1 Å². The molecule has 0 aromatic heterocycles. The Morgan fingerprint density at radius 1 is 1.12 bits per heavy atom. The Balaban J connectivity index is 1.95. The van der Waals surface area contributed by atoms with Crippen LogP contribution in [0.25, 0.3) is 0 Å². The van der Waals surface area contributed by atoms with E-state index < -0.39 is 0 Å². The van der Waals surface area contributed by atoms with Crippen molar-refractivity contribution in [1.82, 2.24) is 5.32 Å². The van der Waals surface area contributed by atoms with Crippen LogP contribution in [0.15, 0.2) is 48.5 Å². The Labute approximate surface area is 142 Å². The molecule has 3 nitrogen and oxygen atoms in total. The second-order valence-corrected chi connectivity index (χ2v) is 6.88. The highest BCUT2D eigenvalue weighted by atomic mass is 19.1. The van der Waals surface area contributed by atoms with E-state index >= 15 is 0 Å². The number of nitrogens with one attached hydrogen (secondary N) is 1. The Morgan fingerprint density at radius 3 is 2.38 bits per heavy atom. The average Bonchev–Trinajstić information content (AvgIpc) is 2.53. The topological polar surface area (TPSA) is 38.3 Å². The number of rotatable bonds is 5. The minimum absolute atomic E-state index is 0.0569. The fourth-order valence-electron chi connectivity index (χ4n) is 2.47. The summed E-state index contributed by atoms with van der Waals surface area (Å²) in [6, 6.07) is 13.6. The maximum absolute atomic E-state index is 12.9. The highest BCUT2D eigenvalue weighted by Crippen LogP contribution is 2.30. The third kappa shape index (κ3) is 4.82. The largest absolute Gasteiger partial charge is 0.483 e. The van der Waals surface area contributed by atoms with Gasteiger partial charge in [0, 0.05) is 0 Å². The summed E-state index contributed by atoms with van der Waals surface area (Å²) in [5.74, 6) is 0.213. The number of hydrogen-bond acceptors (Lipinski definition) is 2. The van der Waals surface area contributed by atoms with E-state index in [1.165, 1.54) is 12.1 Å². The van der Waals surface area contributed by atoms with Gasteiger partial charge < -0.3 is 10.1 Å². The van der Waals surface area contributed by atoms with E-state index in [0.29, 0.717) is 0 Å². The van der Waals surface area contributed by atoms with Crippen molar-refractivity contribution in [3.8, 4) is 5.75 Å². The van der Waals surface area contributed by atoms with Gasteiger partial charge in [-0.05, 0) is 41.7 Å². The quantitative estimate of drug-likeness (QED) is 0.884. The highest BCUT2D eigenvalue weighted by Gasteiger charge is 2.19. The van der Waals surface area contributed by atoms with Crippen molar-refractivity contribution in [1.29, 1.82) is 0 Å². The van der Waals surface area contributed by atoms with Gasteiger partial charge in [0.05, 0.1) is 6.04 Å². The van der Waals surface area contributed by atoms with Crippen molar-refractivity contribution < 1.29 is 13.9 Å². The summed E-state index contributed by atoms with van der Waals surface area (Å²) in [5, 5.41) is 2.86. The number of benzene rings is 2. The number of halogens is 1. The van der Waals surface area contributed by atoms with Gasteiger partial charge in [0.25, 0.3) is 5.91 Å². The van der Waals surface area contributed by atoms with Crippen LogP contribution in [0.4, 0.5) is 4.39 Å². The molecule has 1 amide bonds. The second-order valence-electron chi connectivity index (χ2n) is 6.88. The predicted molar refractivity (Wildman–Crippen MR) is 93.6 cm³/mol. The molecule has 0 unspecified atom stereocenters. The number of amides is 1. The van der Waals surface area contributed by atoms with Crippen molar-refractivity contribution in [2.75, 3.05) is 6.61 Å². The zero-order valence-corrected chi connectivity index (χ0v) is 14.6. The van der Waals surface area contributed by atoms with E-state index in [9.17, 15) is 9.18 Å². The zero-order chi connectivity index (χ0) is 17.7. The number of hydrogen-bond donors (Lipinski definition) is 1. The maximum atomic E-state index is 12.9. The van der Waals surface area contributed by atoms with E-state index in [0.717, 1.165) is 16.9 Å². The Kier molecular flexibility index (Phi) is 5.60. The summed E-state index contributed by atoms with van der Waals surface area (Å²) >= 11 is 0. The second kappa shape index (κ2) is 7.47. The van der Waals surface area contributed by atoms with E-state index in [4.69, 9.17) is 4.74 Å². The van der Waals surface area contributed by atoms with Crippen LogP contribution in [0.1, 0.15) is 44.9 Å². The van der Waals surface area contributed by atoms with Crippen molar-refractivity contribution in [3.63, 3.8) is 0 Å². The summed E-state index contributed by atoms with van der Waals surface area (Å²) in [6.45, 7) is 8.11. The van der Waals surface area contributed by atoms with Crippen LogP contribution in [-0.4, -0.2) is 12.5 Å². The molecule has 0 aliphatic rings. The summed E-state index contributed by atoms with van der Waals surface area (Å²) in [5.41, 5.74) is 1.85. The molecule has 0 bridgehead atoms. The molecule has 0 aliphatic heterocycles. The number of ether oxygens (including phenoxy) is 1. The maximum Gasteiger partial charge on any atom is 0.258 e. The number of para-hydroxylation sites is 1. The molecular weight excluding hydrogens is 305 g/mol. The van der Waals surface area contributed by atoms with Gasteiger partial charge in [0.15, 0.2) is 6.61 Å². The lowest BCUT2D eigenvalue weighted by Crippen LogP contribution is -2.31. The number of carbonyl (C=O) groups is 1. The van der Waals surface area contributed by atoms with Crippen LogP contribution in [0.2, 0.25) is 0 Å². The van der Waals surface area contributed by atoms with Gasteiger partial charge in [-0.25, -0.2) is 4.39 Å². The average molecular weight is 329 g/mol. The highest BCUT2D eigenvalue weighted by molar-refractivity contribution is 5.78. The molecule has 2 aromatic rings. The first kappa shape index (κ1) is 18.0. The predicted octanol–water partition coefficient (Wildman–Crippen LogP) is 4.38. The van der Waals surface area contributed by atoms with Crippen molar-refractivity contribution in [3.05, 3.63) is 65.5 Å². The smallest absolute Gasteiger partial charge is 0.258 e. The lowest BCUT2D eigenvalue weighted by atomic mass is 9.86. The van der Waals surface area contributed by atoms with Crippen LogP contribution in [0, 0.1) is 5.82 Å². The Hall–Kier alpha value is -2.36. The molecule has 1 atom stereocenters. The fourth-order valence-corrected chi connectivity index (χ4v) is 2.47. The summed E-state index contributed by atoms with van der Waals surface area (Å²) in [4.78, 5) is 12.1. The molecular formula is C20H24FNO2. The molecule has 0 heterocycles. The Morgan fingerprint density at radius 2 is 1.75 bits per heavy atom. The SMILES string of the molecule is C[C@H](NC(=O)COc1ccccc1C(C)(C)C)c1ccc(F)cc1. The van der Waals surface area contributed by atoms with Gasteiger partial charge in [-0.3, -0.25) is 4.79 Å². The first-order valence-electron chi connectivity index (χ1n) is 8.04. The molecule has 0 radical (unpaired) electrons. The summed E-state index contributed by atoms with van der Waals surface area (Å²) < 4.78 is 18.7. The summed E-state index contributed by atoms with van der Waals surface area (Å²) in [7, 11) is 0. The van der Waals surface area contributed by atoms with E-state index in [-0.39, 0.29) is 29.8 Å². The molecule has 0 saturated carbocycles. The van der Waals surface area contributed by atoms with Crippen molar-refractivity contribution in [2.45, 2.75) is 39.2 Å². The molecule has 1 N–H and O–H groups in total. The molecule has 0 fully saturated rings. The van der Waals surface area contributed by atoms with Crippen LogP contribution in [-0.2, 0) is 10.2 Å². The molecule has 2 rings (SSSR count). The molecule has 24 heavy (non-hydrogen) atoms. The van der Waals surface area contributed by atoms with Crippen molar-refractivity contribution >= 4 is 5.91 Å². The standard InChI is InChI=1S/C20H24FNO2/c1-14(15-9-11-16(21)12-10-15)22-19(23)13-24-18-8-6-5-7-17(18)20(2,3)4/h5-12,14H,13H2,1-4H3,(H,22,23)/t14-/m0/s1. The summed E-state index contributed by atoms with van der Waals surface area (Å²) in [6.07, 6.45) is 0. The van der Waals surface area contributed by atoms with Gasteiger partial charge in [-0.2, -0.15) is 0 Å². The monoisotopic (exact) mass is 329 g/mol. The minimum Gasteiger partial charge on any atom is -0.483 e. The molecule has 128 valence electrons.